The SMILES string of the molecule is C/C(=C/C(=N)[N+](=O)[O-])NC(F)F. The molecule has 7 heteroatoms. The summed E-state index contributed by atoms with van der Waals surface area (Å²) in [6.45, 7) is -1.56. The van der Waals surface area contributed by atoms with Crippen molar-refractivity contribution in [2.24, 2.45) is 0 Å². The molecule has 0 amide bonds. The third kappa shape index (κ3) is 4.31. The molecule has 0 aliphatic carbocycles. The first-order valence-electron chi connectivity index (χ1n) is 2.89. The Kier molecular flexibility index (Phi) is 3.81. The zero-order valence-electron chi connectivity index (χ0n) is 6.17. The summed E-state index contributed by atoms with van der Waals surface area (Å²) in [5.41, 5.74) is -0.119. The largest absolute Gasteiger partial charge is 0.358 e. The maximum Gasteiger partial charge on any atom is 0.357 e. The Morgan fingerprint density at radius 1 is 1.75 bits per heavy atom. The number of allylic oxidation sites excluding steroid dienone is 1. The highest BCUT2D eigenvalue weighted by Crippen LogP contribution is 1.94. The van der Waals surface area contributed by atoms with Gasteiger partial charge in [-0.3, -0.25) is 0 Å². The molecule has 0 atom stereocenters. The van der Waals surface area contributed by atoms with Crippen molar-refractivity contribution in [2.75, 3.05) is 0 Å². The Bertz CT molecular complexity index is 227. The monoisotopic (exact) mass is 179 g/mol. The van der Waals surface area contributed by atoms with Crippen molar-refractivity contribution in [3.8, 4) is 0 Å². The van der Waals surface area contributed by atoms with Gasteiger partial charge in [-0.25, -0.2) is 0 Å². The molecular weight excluding hydrogens is 172 g/mol. The molecule has 0 aliphatic rings. The van der Waals surface area contributed by atoms with Crippen molar-refractivity contribution in [1.29, 1.82) is 5.41 Å². The molecule has 0 aliphatic heterocycles. The van der Waals surface area contributed by atoms with E-state index in [1.54, 1.807) is 5.32 Å². The van der Waals surface area contributed by atoms with E-state index in [1.807, 2.05) is 0 Å². The van der Waals surface area contributed by atoms with E-state index in [1.165, 1.54) is 6.92 Å². The predicted octanol–water partition coefficient (Wildman–Crippen LogP) is 0.956. The number of hydrogen-bond acceptors (Lipinski definition) is 4. The van der Waals surface area contributed by atoms with Crippen LogP contribution in [0.2, 0.25) is 0 Å². The fraction of sp³-hybridized carbons (Fsp3) is 0.400. The molecule has 5 nitrogen and oxygen atoms in total. The summed E-state index contributed by atoms with van der Waals surface area (Å²) in [5, 5.41) is 18.1. The van der Waals surface area contributed by atoms with Gasteiger partial charge < -0.3 is 15.4 Å². The number of nitrogens with zero attached hydrogens (tertiary/aromatic N) is 1. The molecule has 0 heterocycles. The molecule has 0 aromatic rings. The van der Waals surface area contributed by atoms with E-state index in [0.29, 0.717) is 6.08 Å². The minimum Gasteiger partial charge on any atom is -0.358 e. The van der Waals surface area contributed by atoms with Crippen LogP contribution in [0.4, 0.5) is 8.78 Å². The van der Waals surface area contributed by atoms with Crippen LogP contribution in [-0.2, 0) is 0 Å². The summed E-state index contributed by atoms with van der Waals surface area (Å²) >= 11 is 0. The van der Waals surface area contributed by atoms with Crippen molar-refractivity contribution >= 4 is 5.84 Å². The lowest BCUT2D eigenvalue weighted by atomic mass is 10.4. The van der Waals surface area contributed by atoms with Crippen LogP contribution < -0.4 is 5.32 Å². The van der Waals surface area contributed by atoms with Crippen LogP contribution in [0.3, 0.4) is 0 Å². The van der Waals surface area contributed by atoms with Gasteiger partial charge in [-0.05, 0) is 11.8 Å². The Morgan fingerprint density at radius 2 is 2.25 bits per heavy atom. The van der Waals surface area contributed by atoms with E-state index >= 15 is 0 Å². The van der Waals surface area contributed by atoms with Crippen LogP contribution in [-0.4, -0.2) is 17.3 Å². The third-order valence-corrected chi connectivity index (χ3v) is 0.887. The number of nitrogens with one attached hydrogen (secondary N) is 2. The van der Waals surface area contributed by atoms with E-state index in [9.17, 15) is 18.9 Å². The summed E-state index contributed by atoms with van der Waals surface area (Å²) in [4.78, 5) is 8.87. The summed E-state index contributed by atoms with van der Waals surface area (Å²) in [7, 11) is 0. The second-order valence-corrected chi connectivity index (χ2v) is 1.91. The van der Waals surface area contributed by atoms with Crippen LogP contribution in [0.25, 0.3) is 0 Å². The zero-order chi connectivity index (χ0) is 9.72. The first-order valence-corrected chi connectivity index (χ1v) is 2.89. The fourth-order valence-electron chi connectivity index (χ4n) is 0.472. The minimum atomic E-state index is -2.78. The van der Waals surface area contributed by atoms with Crippen LogP contribution in [0.5, 0.6) is 0 Å². The average molecular weight is 179 g/mol. The van der Waals surface area contributed by atoms with Gasteiger partial charge >= 0.3 is 12.4 Å². The molecule has 0 radical (unpaired) electrons. The number of rotatable bonds is 3. The highest BCUT2D eigenvalue weighted by molar-refractivity contribution is 5.83. The van der Waals surface area contributed by atoms with Gasteiger partial charge in [0.1, 0.15) is 0 Å². The van der Waals surface area contributed by atoms with Gasteiger partial charge in [0.25, 0.3) is 0 Å². The van der Waals surface area contributed by atoms with Crippen LogP contribution in [0.15, 0.2) is 11.8 Å². The molecule has 0 spiro atoms. The normalized spacial score (nSPS) is 11.5. The molecule has 12 heavy (non-hydrogen) atoms. The Hall–Kier alpha value is -1.53. The van der Waals surface area contributed by atoms with Crippen molar-refractivity contribution in [3.05, 3.63) is 21.9 Å². The molecule has 0 bridgehead atoms. The van der Waals surface area contributed by atoms with Gasteiger partial charge in [0, 0.05) is 5.70 Å². The molecular formula is C5H7F2N3O2. The highest BCUT2D eigenvalue weighted by atomic mass is 19.3. The lowest BCUT2D eigenvalue weighted by molar-refractivity contribution is -0.349. The van der Waals surface area contributed by atoms with E-state index in [0.717, 1.165) is 0 Å². The Morgan fingerprint density at radius 3 is 2.58 bits per heavy atom. The minimum absolute atomic E-state index is 0.119. The maximum atomic E-state index is 11.5. The smallest absolute Gasteiger partial charge is 0.357 e. The number of amidine groups is 1. The van der Waals surface area contributed by atoms with Crippen molar-refractivity contribution in [1.82, 2.24) is 5.32 Å². The van der Waals surface area contributed by atoms with Crippen molar-refractivity contribution < 1.29 is 13.7 Å². The first-order chi connectivity index (χ1) is 5.43. The fourth-order valence-corrected chi connectivity index (χ4v) is 0.472. The molecule has 0 unspecified atom stereocenters. The highest BCUT2D eigenvalue weighted by Gasteiger charge is 2.06. The molecule has 0 saturated heterocycles. The molecule has 2 N–H and O–H groups in total. The molecule has 0 aromatic heterocycles. The number of halogens is 2. The lowest BCUT2D eigenvalue weighted by Crippen LogP contribution is -2.19. The first kappa shape index (κ1) is 10.5. The number of alkyl halides is 2. The van der Waals surface area contributed by atoms with Crippen molar-refractivity contribution in [2.45, 2.75) is 13.5 Å². The second-order valence-electron chi connectivity index (χ2n) is 1.91. The summed E-state index contributed by atoms with van der Waals surface area (Å²) in [6, 6.07) is 0. The van der Waals surface area contributed by atoms with E-state index in [4.69, 9.17) is 5.41 Å². The van der Waals surface area contributed by atoms with Crippen LogP contribution in [0, 0.1) is 15.5 Å². The van der Waals surface area contributed by atoms with Gasteiger partial charge in [0.15, 0.2) is 0 Å². The second kappa shape index (κ2) is 4.37. The zero-order valence-corrected chi connectivity index (χ0v) is 6.17. The van der Waals surface area contributed by atoms with Gasteiger partial charge in [0.05, 0.1) is 6.08 Å². The number of nitro groups is 1. The Labute approximate surface area is 66.7 Å². The van der Waals surface area contributed by atoms with E-state index in [-0.39, 0.29) is 5.70 Å². The lowest BCUT2D eigenvalue weighted by Gasteiger charge is -2.02. The average Bonchev–Trinajstić information content (AvgIpc) is 1.84. The molecule has 68 valence electrons. The van der Waals surface area contributed by atoms with Gasteiger partial charge in [-0.15, -0.1) is 0 Å². The Balaban J connectivity index is 4.16. The van der Waals surface area contributed by atoms with Gasteiger partial charge in [0.2, 0.25) is 0 Å². The summed E-state index contributed by atoms with van der Waals surface area (Å²) in [6.07, 6.45) is 0.714. The molecule has 0 fully saturated rings. The van der Waals surface area contributed by atoms with E-state index in [2.05, 4.69) is 0 Å². The molecule has 0 aromatic carbocycles. The number of hydrogen-bond donors (Lipinski definition) is 2. The third-order valence-electron chi connectivity index (χ3n) is 0.887. The summed E-state index contributed by atoms with van der Waals surface area (Å²) < 4.78 is 23.1. The standard InChI is InChI=1S/C5H7F2N3O2/c1-3(9-5(6)7)2-4(8)10(11)12/h2,5,8-9H,1H3/b3-2-,8-4?. The topological polar surface area (TPSA) is 79.0 Å². The van der Waals surface area contributed by atoms with Crippen LogP contribution in [0.1, 0.15) is 6.92 Å². The molecule has 0 saturated carbocycles. The summed E-state index contributed by atoms with van der Waals surface area (Å²) in [5.74, 6) is -0.930. The van der Waals surface area contributed by atoms with Crippen molar-refractivity contribution in [3.63, 3.8) is 0 Å². The predicted molar refractivity (Wildman–Crippen MR) is 37.6 cm³/mol. The maximum absolute atomic E-state index is 11.5. The van der Waals surface area contributed by atoms with Gasteiger partial charge in [-0.2, -0.15) is 8.78 Å². The molecule has 0 rings (SSSR count). The van der Waals surface area contributed by atoms with Crippen LogP contribution >= 0.6 is 0 Å². The van der Waals surface area contributed by atoms with Gasteiger partial charge in [-0.1, -0.05) is 5.41 Å². The quantitative estimate of drug-likeness (QED) is 0.222. The van der Waals surface area contributed by atoms with E-state index < -0.39 is 17.3 Å².